The van der Waals surface area contributed by atoms with Crippen LogP contribution in [0.15, 0.2) is 77.3 Å². The van der Waals surface area contributed by atoms with E-state index in [2.05, 4.69) is 15.9 Å². The number of hydrogen-bond donors (Lipinski definition) is 0. The van der Waals surface area contributed by atoms with Crippen LogP contribution in [0.5, 0.6) is 11.5 Å². The molecule has 8 heteroatoms. The van der Waals surface area contributed by atoms with Gasteiger partial charge in [0.2, 0.25) is 5.91 Å². The average Bonchev–Trinajstić information content (AvgIpc) is 3.36. The highest BCUT2D eigenvalue weighted by Crippen LogP contribution is 2.48. The fourth-order valence-electron chi connectivity index (χ4n) is 4.55. The Morgan fingerprint density at radius 2 is 1.71 bits per heavy atom. The number of fused-ring (bicyclic) bond motifs is 1. The number of hydrogen-bond acceptors (Lipinski definition) is 6. The van der Waals surface area contributed by atoms with E-state index in [0.717, 1.165) is 15.7 Å². The molecule has 0 spiro atoms. The molecule has 2 saturated heterocycles. The van der Waals surface area contributed by atoms with E-state index in [4.69, 9.17) is 14.3 Å². The third kappa shape index (κ3) is 3.73. The van der Waals surface area contributed by atoms with E-state index in [1.807, 2.05) is 55.5 Å². The molecule has 0 unspecified atom stereocenters. The molecule has 3 atom stereocenters. The van der Waals surface area contributed by atoms with Crippen molar-refractivity contribution in [3.63, 3.8) is 0 Å². The monoisotopic (exact) mass is 522 g/mol. The number of rotatable bonds is 6. The van der Waals surface area contributed by atoms with Crippen LogP contribution in [0.3, 0.4) is 0 Å². The van der Waals surface area contributed by atoms with Crippen molar-refractivity contribution in [3.05, 3.63) is 82.8 Å². The molecule has 0 aliphatic carbocycles. The zero-order valence-electron chi connectivity index (χ0n) is 18.7. The van der Waals surface area contributed by atoms with Crippen LogP contribution < -0.4 is 19.4 Å². The van der Waals surface area contributed by atoms with Gasteiger partial charge in [0.25, 0.3) is 5.91 Å². The van der Waals surface area contributed by atoms with Gasteiger partial charge in [-0.2, -0.15) is 0 Å². The van der Waals surface area contributed by atoms with E-state index in [-0.39, 0.29) is 11.8 Å². The van der Waals surface area contributed by atoms with Gasteiger partial charge in [0.1, 0.15) is 17.4 Å². The highest BCUT2D eigenvalue weighted by Gasteiger charge is 2.60. The molecule has 7 nitrogen and oxygen atoms in total. The van der Waals surface area contributed by atoms with Crippen LogP contribution in [-0.2, 0) is 14.4 Å². The third-order valence-electron chi connectivity index (χ3n) is 6.03. The summed E-state index contributed by atoms with van der Waals surface area (Å²) < 4.78 is 11.7. The molecule has 0 radical (unpaired) electrons. The molecule has 0 N–H and O–H groups in total. The minimum Gasteiger partial charge on any atom is -0.496 e. The largest absolute Gasteiger partial charge is 0.496 e. The van der Waals surface area contributed by atoms with Crippen LogP contribution >= 0.6 is 15.9 Å². The van der Waals surface area contributed by atoms with Crippen molar-refractivity contribution in [1.82, 2.24) is 0 Å². The summed E-state index contributed by atoms with van der Waals surface area (Å²) in [7, 11) is 1.60. The van der Waals surface area contributed by atoms with Crippen LogP contribution in [-0.4, -0.2) is 31.6 Å². The highest BCUT2D eigenvalue weighted by molar-refractivity contribution is 9.10. The predicted octanol–water partition coefficient (Wildman–Crippen LogP) is 4.91. The zero-order valence-corrected chi connectivity index (χ0v) is 20.3. The summed E-state index contributed by atoms with van der Waals surface area (Å²) in [5.41, 5.74) is 2.06. The lowest BCUT2D eigenvalue weighted by Crippen LogP contribution is -2.37. The molecule has 0 aromatic heterocycles. The smallest absolute Gasteiger partial charge is 0.266 e. The lowest BCUT2D eigenvalue weighted by Gasteiger charge is -2.29. The number of ether oxygens (including phenoxy) is 2. The number of nitrogens with zero attached hydrogens (tertiary/aromatic N) is 2. The number of imide groups is 1. The fourth-order valence-corrected chi connectivity index (χ4v) is 5.11. The zero-order chi connectivity index (χ0) is 23.8. The maximum Gasteiger partial charge on any atom is 0.266 e. The predicted molar refractivity (Wildman–Crippen MR) is 131 cm³/mol. The first kappa shape index (κ1) is 22.4. The first-order chi connectivity index (χ1) is 16.5. The second kappa shape index (κ2) is 9.12. The Hall–Kier alpha value is -3.36. The Kier molecular flexibility index (Phi) is 6.02. The van der Waals surface area contributed by atoms with Crippen molar-refractivity contribution in [3.8, 4) is 11.5 Å². The third-order valence-corrected chi connectivity index (χ3v) is 6.65. The van der Waals surface area contributed by atoms with E-state index in [1.54, 1.807) is 36.4 Å². The second-order valence-electron chi connectivity index (χ2n) is 7.99. The summed E-state index contributed by atoms with van der Waals surface area (Å²) in [6.07, 6.45) is -0.936. The number of benzene rings is 3. The van der Waals surface area contributed by atoms with Gasteiger partial charge in [-0.1, -0.05) is 30.3 Å². The fraction of sp³-hybridized carbons (Fsp3) is 0.231. The number of halogens is 1. The molecule has 2 heterocycles. The molecule has 5 rings (SSSR count). The van der Waals surface area contributed by atoms with Crippen molar-refractivity contribution in [1.29, 1.82) is 0 Å². The second-order valence-corrected chi connectivity index (χ2v) is 8.85. The van der Waals surface area contributed by atoms with E-state index in [9.17, 15) is 9.59 Å². The Labute approximate surface area is 205 Å². The van der Waals surface area contributed by atoms with Gasteiger partial charge in [-0.05, 0) is 64.8 Å². The van der Waals surface area contributed by atoms with Gasteiger partial charge in [0.15, 0.2) is 6.10 Å². The van der Waals surface area contributed by atoms with Gasteiger partial charge in [-0.3, -0.25) is 14.4 Å². The van der Waals surface area contributed by atoms with E-state index < -0.39 is 18.1 Å². The number of carbonyl (C=O) groups excluding carboxylic acids is 2. The number of carbonyl (C=O) groups is 2. The SMILES string of the molecule is CCOc1cccc(N2C(=O)[C@@H]3[C@H](ON(c4ccccc4)[C@H]3c3ccc(OC)c(Br)c3)C2=O)c1. The summed E-state index contributed by atoms with van der Waals surface area (Å²) >= 11 is 3.54. The molecule has 2 aliphatic heterocycles. The molecule has 34 heavy (non-hydrogen) atoms. The van der Waals surface area contributed by atoms with Crippen LogP contribution in [0.25, 0.3) is 0 Å². The van der Waals surface area contributed by atoms with E-state index in [0.29, 0.717) is 23.8 Å². The van der Waals surface area contributed by atoms with E-state index >= 15 is 0 Å². The average molecular weight is 523 g/mol. The molecule has 0 bridgehead atoms. The Morgan fingerprint density at radius 3 is 2.41 bits per heavy atom. The normalized spacial score (nSPS) is 21.7. The number of anilines is 2. The maximum atomic E-state index is 13.8. The quantitative estimate of drug-likeness (QED) is 0.428. The number of amides is 2. The topological polar surface area (TPSA) is 68.3 Å². The molecule has 0 saturated carbocycles. The highest BCUT2D eigenvalue weighted by atomic mass is 79.9. The Bertz CT molecular complexity index is 1230. The minimum atomic E-state index is -0.936. The molecule has 174 valence electrons. The van der Waals surface area contributed by atoms with Gasteiger partial charge in [0.05, 0.1) is 35.6 Å². The summed E-state index contributed by atoms with van der Waals surface area (Å²) in [6, 6.07) is 21.6. The van der Waals surface area contributed by atoms with Gasteiger partial charge in [-0.15, -0.1) is 0 Å². The molecule has 2 amide bonds. The molecule has 2 aliphatic rings. The first-order valence-corrected chi connectivity index (χ1v) is 11.8. The number of methoxy groups -OCH3 is 1. The Balaban J connectivity index is 1.57. The van der Waals surface area contributed by atoms with Crippen LogP contribution in [0.4, 0.5) is 11.4 Å². The van der Waals surface area contributed by atoms with Crippen LogP contribution in [0.1, 0.15) is 18.5 Å². The van der Waals surface area contributed by atoms with Gasteiger partial charge < -0.3 is 9.47 Å². The van der Waals surface area contributed by atoms with Gasteiger partial charge in [0, 0.05) is 6.07 Å². The number of para-hydroxylation sites is 1. The maximum absolute atomic E-state index is 13.8. The molecule has 3 aromatic carbocycles. The van der Waals surface area contributed by atoms with Gasteiger partial charge >= 0.3 is 0 Å². The molecule has 3 aromatic rings. The van der Waals surface area contributed by atoms with Crippen LogP contribution in [0.2, 0.25) is 0 Å². The minimum absolute atomic E-state index is 0.306. The molecular formula is C26H23BrN2O5. The summed E-state index contributed by atoms with van der Waals surface area (Å²) in [4.78, 5) is 34.6. The van der Waals surface area contributed by atoms with E-state index in [1.165, 1.54) is 4.90 Å². The summed E-state index contributed by atoms with van der Waals surface area (Å²) in [5, 5.41) is 1.67. The van der Waals surface area contributed by atoms with Crippen molar-refractivity contribution >= 4 is 39.1 Å². The van der Waals surface area contributed by atoms with Crippen molar-refractivity contribution in [2.45, 2.75) is 19.1 Å². The number of hydroxylamine groups is 1. The molecule has 2 fully saturated rings. The van der Waals surface area contributed by atoms with Crippen molar-refractivity contribution in [2.75, 3.05) is 23.7 Å². The van der Waals surface area contributed by atoms with Crippen molar-refractivity contribution in [2.24, 2.45) is 5.92 Å². The summed E-state index contributed by atoms with van der Waals surface area (Å²) in [6.45, 7) is 2.37. The summed E-state index contributed by atoms with van der Waals surface area (Å²) in [5.74, 6) is -0.142. The lowest BCUT2D eigenvalue weighted by atomic mass is 9.90. The Morgan fingerprint density at radius 1 is 0.941 bits per heavy atom. The van der Waals surface area contributed by atoms with Crippen LogP contribution in [0, 0.1) is 5.92 Å². The lowest BCUT2D eigenvalue weighted by molar-refractivity contribution is -0.126. The van der Waals surface area contributed by atoms with Gasteiger partial charge in [-0.25, -0.2) is 9.96 Å². The first-order valence-electron chi connectivity index (χ1n) is 11.0. The van der Waals surface area contributed by atoms with Crippen molar-refractivity contribution < 1.29 is 23.9 Å². The molecular weight excluding hydrogens is 500 g/mol. The standard InChI is InChI=1S/C26H23BrN2O5/c1-3-33-19-11-7-10-18(15-19)28-25(30)22-23(16-12-13-21(32-2)20(27)14-16)29(34-24(22)26(28)31)17-8-5-4-6-9-17/h4-15,22-24H,3H2,1-2H3/t22-,23-,24-/m0/s1.